The first-order valence-corrected chi connectivity index (χ1v) is 7.26. The van der Waals surface area contributed by atoms with Crippen LogP contribution in [0.1, 0.15) is 38.2 Å². The first-order valence-electron chi connectivity index (χ1n) is 6.88. The molecular weight excluding hydrogens is 262 g/mol. The number of benzene rings is 1. The van der Waals surface area contributed by atoms with E-state index in [0.717, 1.165) is 37.2 Å². The molecule has 0 heterocycles. The second-order valence-electron chi connectivity index (χ2n) is 5.75. The van der Waals surface area contributed by atoms with Crippen molar-refractivity contribution in [3.8, 4) is 5.75 Å². The zero-order chi connectivity index (χ0) is 13.9. The van der Waals surface area contributed by atoms with Gasteiger partial charge >= 0.3 is 0 Å². The summed E-state index contributed by atoms with van der Waals surface area (Å²) in [5, 5.41) is 23.5. The third-order valence-corrected chi connectivity index (χ3v) is 4.46. The molecule has 1 aliphatic carbocycles. The number of aromatic hydroxyl groups is 1. The van der Waals surface area contributed by atoms with Crippen LogP contribution in [0.25, 0.3) is 0 Å². The van der Waals surface area contributed by atoms with Gasteiger partial charge in [0.1, 0.15) is 5.75 Å². The highest BCUT2D eigenvalue weighted by Gasteiger charge is 2.33. The molecule has 0 saturated heterocycles. The molecule has 3 nitrogen and oxygen atoms in total. The van der Waals surface area contributed by atoms with Crippen LogP contribution in [0.3, 0.4) is 0 Å². The van der Waals surface area contributed by atoms with Gasteiger partial charge in [-0.25, -0.2) is 0 Å². The minimum absolute atomic E-state index is 0.140. The average Bonchev–Trinajstić information content (AvgIpc) is 2.42. The highest BCUT2D eigenvalue weighted by Crippen LogP contribution is 2.32. The van der Waals surface area contributed by atoms with Crippen molar-refractivity contribution in [3.05, 3.63) is 28.8 Å². The maximum Gasteiger partial charge on any atom is 0.120 e. The number of aliphatic hydroxyl groups excluding tert-OH is 1. The van der Waals surface area contributed by atoms with Crippen molar-refractivity contribution in [2.45, 2.75) is 44.7 Å². The van der Waals surface area contributed by atoms with Crippen molar-refractivity contribution >= 4 is 11.6 Å². The Hall–Kier alpha value is -0.770. The maximum atomic E-state index is 9.80. The molecule has 2 rings (SSSR count). The molecule has 1 aromatic rings. The Morgan fingerprint density at radius 2 is 2.05 bits per heavy atom. The van der Waals surface area contributed by atoms with E-state index in [1.807, 2.05) is 0 Å². The van der Waals surface area contributed by atoms with E-state index in [4.69, 9.17) is 11.6 Å². The summed E-state index contributed by atoms with van der Waals surface area (Å²) < 4.78 is 0. The summed E-state index contributed by atoms with van der Waals surface area (Å²) in [5.74, 6) is 0.982. The molecule has 0 atom stereocenters. The van der Waals surface area contributed by atoms with E-state index in [9.17, 15) is 10.2 Å². The summed E-state index contributed by atoms with van der Waals surface area (Å²) in [6.07, 6.45) is 4.22. The molecule has 0 unspecified atom stereocenters. The van der Waals surface area contributed by atoms with E-state index in [0.29, 0.717) is 11.6 Å². The van der Waals surface area contributed by atoms with Crippen molar-refractivity contribution < 1.29 is 10.2 Å². The van der Waals surface area contributed by atoms with Crippen LogP contribution in [0.5, 0.6) is 5.75 Å². The van der Waals surface area contributed by atoms with Crippen molar-refractivity contribution in [2.75, 3.05) is 6.61 Å². The van der Waals surface area contributed by atoms with Crippen LogP contribution in [0.2, 0.25) is 5.02 Å². The predicted molar refractivity (Wildman–Crippen MR) is 77.4 cm³/mol. The molecule has 3 N–H and O–H groups in total. The highest BCUT2D eigenvalue weighted by atomic mass is 35.5. The summed E-state index contributed by atoms with van der Waals surface area (Å²) in [7, 11) is 0. The number of hydrogen-bond acceptors (Lipinski definition) is 3. The van der Waals surface area contributed by atoms with E-state index >= 15 is 0 Å². The van der Waals surface area contributed by atoms with Gasteiger partial charge in [0.2, 0.25) is 0 Å². The van der Waals surface area contributed by atoms with Crippen LogP contribution in [0.15, 0.2) is 18.2 Å². The van der Waals surface area contributed by atoms with Gasteiger partial charge in [0, 0.05) is 22.7 Å². The molecule has 19 heavy (non-hydrogen) atoms. The molecule has 4 heteroatoms. The van der Waals surface area contributed by atoms with Gasteiger partial charge in [-0.2, -0.15) is 0 Å². The van der Waals surface area contributed by atoms with Gasteiger partial charge in [0.05, 0.1) is 6.61 Å². The number of phenols is 1. The SMILES string of the molecule is CC1CCC(CO)(NCc2cc(Cl)ccc2O)CC1. The molecule has 0 bridgehead atoms. The smallest absolute Gasteiger partial charge is 0.120 e. The van der Waals surface area contributed by atoms with Crippen LogP contribution in [-0.2, 0) is 6.54 Å². The van der Waals surface area contributed by atoms with Crippen molar-refractivity contribution in [1.82, 2.24) is 5.32 Å². The molecule has 0 aromatic heterocycles. The number of hydrogen-bond donors (Lipinski definition) is 3. The lowest BCUT2D eigenvalue weighted by Gasteiger charge is -2.39. The number of nitrogens with one attached hydrogen (secondary N) is 1. The monoisotopic (exact) mass is 283 g/mol. The summed E-state index contributed by atoms with van der Waals surface area (Å²) in [5.41, 5.74) is 0.570. The normalized spacial score (nSPS) is 27.4. The van der Waals surface area contributed by atoms with E-state index in [1.54, 1.807) is 18.2 Å². The van der Waals surface area contributed by atoms with Crippen LogP contribution < -0.4 is 5.32 Å². The molecule has 106 valence electrons. The van der Waals surface area contributed by atoms with Gasteiger partial charge in [-0.1, -0.05) is 18.5 Å². The number of phenolic OH excluding ortho intramolecular Hbond substituents is 1. The lowest BCUT2D eigenvalue weighted by atomic mass is 9.77. The fourth-order valence-electron chi connectivity index (χ4n) is 2.68. The van der Waals surface area contributed by atoms with E-state index in [-0.39, 0.29) is 17.9 Å². The fourth-order valence-corrected chi connectivity index (χ4v) is 2.88. The topological polar surface area (TPSA) is 52.5 Å². The van der Waals surface area contributed by atoms with Gasteiger partial charge in [0.15, 0.2) is 0 Å². The van der Waals surface area contributed by atoms with Gasteiger partial charge < -0.3 is 15.5 Å². The molecule has 1 saturated carbocycles. The minimum Gasteiger partial charge on any atom is -0.508 e. The second-order valence-corrected chi connectivity index (χ2v) is 6.18. The number of aliphatic hydroxyl groups is 1. The van der Waals surface area contributed by atoms with Crippen LogP contribution in [0.4, 0.5) is 0 Å². The fraction of sp³-hybridized carbons (Fsp3) is 0.600. The summed E-state index contributed by atoms with van der Waals surface area (Å²) in [6.45, 7) is 2.92. The lowest BCUT2D eigenvalue weighted by Crippen LogP contribution is -2.50. The largest absolute Gasteiger partial charge is 0.508 e. The summed E-state index contributed by atoms with van der Waals surface area (Å²) in [4.78, 5) is 0. The Kier molecular flexibility index (Phi) is 4.71. The molecule has 1 aliphatic rings. The Bertz CT molecular complexity index is 428. The molecular formula is C15H22ClNO2. The first kappa shape index (κ1) is 14.6. The molecule has 0 spiro atoms. The number of halogens is 1. The van der Waals surface area contributed by atoms with Crippen molar-refractivity contribution in [2.24, 2.45) is 5.92 Å². The van der Waals surface area contributed by atoms with Crippen molar-refractivity contribution in [1.29, 1.82) is 0 Å². The molecule has 0 radical (unpaired) electrons. The quantitative estimate of drug-likeness (QED) is 0.796. The zero-order valence-electron chi connectivity index (χ0n) is 11.3. The lowest BCUT2D eigenvalue weighted by molar-refractivity contribution is 0.104. The third-order valence-electron chi connectivity index (χ3n) is 4.23. The Labute approximate surface area is 119 Å². The Morgan fingerprint density at radius 3 is 2.68 bits per heavy atom. The highest BCUT2D eigenvalue weighted by molar-refractivity contribution is 6.30. The van der Waals surface area contributed by atoms with Crippen LogP contribution >= 0.6 is 11.6 Å². The van der Waals surface area contributed by atoms with Gasteiger partial charge in [-0.15, -0.1) is 0 Å². The maximum absolute atomic E-state index is 9.80. The first-order chi connectivity index (χ1) is 9.04. The summed E-state index contributed by atoms with van der Waals surface area (Å²) in [6, 6.07) is 5.04. The van der Waals surface area contributed by atoms with Crippen LogP contribution in [0, 0.1) is 5.92 Å². The van der Waals surface area contributed by atoms with Gasteiger partial charge in [-0.05, 0) is 49.8 Å². The van der Waals surface area contributed by atoms with Crippen molar-refractivity contribution in [3.63, 3.8) is 0 Å². The Morgan fingerprint density at radius 1 is 1.37 bits per heavy atom. The molecule has 0 aliphatic heterocycles. The third kappa shape index (κ3) is 3.62. The standard InChI is InChI=1S/C15H22ClNO2/c1-11-4-6-15(10-18,7-5-11)17-9-12-8-13(16)2-3-14(12)19/h2-3,8,11,17-19H,4-7,9-10H2,1H3. The number of rotatable bonds is 4. The molecule has 1 aromatic carbocycles. The van der Waals surface area contributed by atoms with E-state index in [1.165, 1.54) is 0 Å². The molecule has 1 fully saturated rings. The molecule has 0 amide bonds. The van der Waals surface area contributed by atoms with Gasteiger partial charge in [0.25, 0.3) is 0 Å². The summed E-state index contributed by atoms with van der Waals surface area (Å²) >= 11 is 5.94. The second kappa shape index (κ2) is 6.12. The van der Waals surface area contributed by atoms with Gasteiger partial charge in [-0.3, -0.25) is 0 Å². The van der Waals surface area contributed by atoms with E-state index < -0.39 is 0 Å². The van der Waals surface area contributed by atoms with Crippen LogP contribution in [-0.4, -0.2) is 22.4 Å². The Balaban J connectivity index is 2.01. The predicted octanol–water partition coefficient (Wildman–Crippen LogP) is 3.08. The zero-order valence-corrected chi connectivity index (χ0v) is 12.1. The average molecular weight is 284 g/mol. The minimum atomic E-state index is -0.207. The van der Waals surface area contributed by atoms with E-state index in [2.05, 4.69) is 12.2 Å².